The van der Waals surface area contributed by atoms with E-state index in [0.717, 1.165) is 39.5 Å². The molecule has 0 spiro atoms. The number of hydrogen-bond donors (Lipinski definition) is 2. The second-order valence-corrected chi connectivity index (χ2v) is 7.18. The molecule has 8 heteroatoms. The predicted octanol–water partition coefficient (Wildman–Crippen LogP) is 3.79. The highest BCUT2D eigenvalue weighted by atomic mass is 79.9. The Kier molecular flexibility index (Phi) is 4.83. The van der Waals surface area contributed by atoms with Crippen LogP contribution in [-0.2, 0) is 6.54 Å². The number of alkyl halides is 1. The normalized spacial score (nSPS) is 16.8. The Labute approximate surface area is 159 Å². The molecule has 1 aliphatic heterocycles. The van der Waals surface area contributed by atoms with Crippen molar-refractivity contribution in [2.24, 2.45) is 0 Å². The number of halogens is 2. The van der Waals surface area contributed by atoms with Crippen LogP contribution in [0.5, 0.6) is 0 Å². The zero-order valence-corrected chi connectivity index (χ0v) is 15.6. The molecule has 1 atom stereocenters. The van der Waals surface area contributed by atoms with Crippen LogP contribution in [-0.4, -0.2) is 39.4 Å². The summed E-state index contributed by atoms with van der Waals surface area (Å²) in [4.78, 5) is 10.6. The minimum atomic E-state index is -0.752. The van der Waals surface area contributed by atoms with E-state index >= 15 is 0 Å². The van der Waals surface area contributed by atoms with Crippen LogP contribution in [0, 0.1) is 0 Å². The molecular weight excluding hydrogens is 399 g/mol. The molecule has 4 heterocycles. The van der Waals surface area contributed by atoms with Gasteiger partial charge in [-0.15, -0.1) is 0 Å². The van der Waals surface area contributed by atoms with Crippen LogP contribution in [0.2, 0.25) is 0 Å². The van der Waals surface area contributed by atoms with Crippen molar-refractivity contribution in [1.29, 1.82) is 0 Å². The third-order valence-electron chi connectivity index (χ3n) is 4.32. The zero-order valence-electron chi connectivity index (χ0n) is 14.0. The van der Waals surface area contributed by atoms with Crippen LogP contribution in [0.15, 0.2) is 47.3 Å². The summed E-state index contributed by atoms with van der Waals surface area (Å²) in [6.07, 6.45) is 5.12. The van der Waals surface area contributed by atoms with Gasteiger partial charge in [-0.25, -0.2) is 9.37 Å². The Morgan fingerprint density at radius 1 is 1.27 bits per heavy atom. The molecule has 3 aromatic rings. The van der Waals surface area contributed by atoms with Crippen molar-refractivity contribution in [3.63, 3.8) is 0 Å². The number of nitrogens with zero attached hydrogens (tertiary/aromatic N) is 4. The van der Waals surface area contributed by atoms with E-state index in [1.165, 1.54) is 0 Å². The molecule has 0 radical (unpaired) electrons. The Morgan fingerprint density at radius 2 is 2.19 bits per heavy atom. The molecular formula is C18H18BrFN6. The third kappa shape index (κ3) is 3.85. The van der Waals surface area contributed by atoms with E-state index in [9.17, 15) is 4.39 Å². The van der Waals surface area contributed by atoms with E-state index in [4.69, 9.17) is 0 Å². The van der Waals surface area contributed by atoms with Gasteiger partial charge in [0.15, 0.2) is 0 Å². The lowest BCUT2D eigenvalue weighted by Gasteiger charge is -2.15. The van der Waals surface area contributed by atoms with E-state index in [2.05, 4.69) is 41.4 Å². The largest absolute Gasteiger partial charge is 0.378 e. The van der Waals surface area contributed by atoms with Crippen molar-refractivity contribution >= 4 is 27.4 Å². The van der Waals surface area contributed by atoms with Crippen molar-refractivity contribution in [2.45, 2.75) is 19.1 Å². The summed E-state index contributed by atoms with van der Waals surface area (Å²) in [5.74, 6) is 0.813. The minimum Gasteiger partial charge on any atom is -0.378 e. The number of anilines is 2. The van der Waals surface area contributed by atoms with Crippen molar-refractivity contribution in [3.8, 4) is 11.3 Å². The lowest BCUT2D eigenvalue weighted by atomic mass is 10.2. The summed E-state index contributed by atoms with van der Waals surface area (Å²) in [6.45, 7) is 1.76. The van der Waals surface area contributed by atoms with Crippen LogP contribution in [0.3, 0.4) is 0 Å². The molecule has 1 aliphatic rings. The predicted molar refractivity (Wildman–Crippen MR) is 103 cm³/mol. The molecule has 26 heavy (non-hydrogen) atoms. The molecule has 1 fully saturated rings. The SMILES string of the molecule is F[C@H]1CCN(c2ccc(-c3cc(CNc4cncc(Br)c4)[nH]n3)cn2)C1. The van der Waals surface area contributed by atoms with Gasteiger partial charge < -0.3 is 10.2 Å². The van der Waals surface area contributed by atoms with Crippen LogP contribution in [0.1, 0.15) is 12.1 Å². The first-order chi connectivity index (χ1) is 12.7. The average molecular weight is 417 g/mol. The number of rotatable bonds is 5. The highest BCUT2D eigenvalue weighted by molar-refractivity contribution is 9.10. The fraction of sp³-hybridized carbons (Fsp3) is 0.278. The molecule has 1 saturated heterocycles. The van der Waals surface area contributed by atoms with Gasteiger partial charge in [0.05, 0.1) is 36.4 Å². The van der Waals surface area contributed by atoms with Crippen molar-refractivity contribution in [2.75, 3.05) is 23.3 Å². The van der Waals surface area contributed by atoms with Gasteiger partial charge in [-0.1, -0.05) is 0 Å². The first kappa shape index (κ1) is 17.0. The summed E-state index contributed by atoms with van der Waals surface area (Å²) < 4.78 is 14.3. The molecule has 0 unspecified atom stereocenters. The second-order valence-electron chi connectivity index (χ2n) is 6.26. The molecule has 0 aromatic carbocycles. The summed E-state index contributed by atoms with van der Waals surface area (Å²) in [7, 11) is 0. The average Bonchev–Trinajstić information content (AvgIpc) is 3.29. The Bertz CT molecular complexity index is 881. The summed E-state index contributed by atoms with van der Waals surface area (Å²) in [6, 6.07) is 7.85. The van der Waals surface area contributed by atoms with Gasteiger partial charge in [0.2, 0.25) is 0 Å². The van der Waals surface area contributed by atoms with E-state index in [0.29, 0.717) is 19.5 Å². The number of hydrogen-bond acceptors (Lipinski definition) is 5. The quantitative estimate of drug-likeness (QED) is 0.661. The Morgan fingerprint density at radius 3 is 2.92 bits per heavy atom. The fourth-order valence-corrected chi connectivity index (χ4v) is 3.32. The lowest BCUT2D eigenvalue weighted by molar-refractivity contribution is 0.364. The van der Waals surface area contributed by atoms with Crippen molar-refractivity contribution in [1.82, 2.24) is 20.2 Å². The van der Waals surface area contributed by atoms with E-state index in [1.54, 1.807) is 18.6 Å². The zero-order chi connectivity index (χ0) is 17.9. The van der Waals surface area contributed by atoms with Gasteiger partial charge in [0, 0.05) is 29.0 Å². The van der Waals surface area contributed by atoms with E-state index < -0.39 is 6.17 Å². The van der Waals surface area contributed by atoms with Crippen molar-refractivity contribution < 1.29 is 4.39 Å². The van der Waals surface area contributed by atoms with Crippen molar-refractivity contribution in [3.05, 3.63) is 53.0 Å². The van der Waals surface area contributed by atoms with Gasteiger partial charge in [-0.3, -0.25) is 10.1 Å². The van der Waals surface area contributed by atoms with Crippen LogP contribution >= 0.6 is 15.9 Å². The molecule has 6 nitrogen and oxygen atoms in total. The third-order valence-corrected chi connectivity index (χ3v) is 4.75. The van der Waals surface area contributed by atoms with Gasteiger partial charge in [-0.2, -0.15) is 5.10 Å². The highest BCUT2D eigenvalue weighted by Gasteiger charge is 2.22. The number of nitrogens with one attached hydrogen (secondary N) is 2. The van der Waals surface area contributed by atoms with Gasteiger partial charge >= 0.3 is 0 Å². The molecule has 0 saturated carbocycles. The van der Waals surface area contributed by atoms with Crippen LogP contribution in [0.25, 0.3) is 11.3 Å². The smallest absolute Gasteiger partial charge is 0.128 e. The Balaban J connectivity index is 1.41. The number of aromatic amines is 1. The molecule has 0 amide bonds. The molecule has 4 rings (SSSR count). The molecule has 0 aliphatic carbocycles. The number of aromatic nitrogens is 4. The Hall–Kier alpha value is -2.48. The second kappa shape index (κ2) is 7.41. The monoisotopic (exact) mass is 416 g/mol. The van der Waals surface area contributed by atoms with E-state index in [1.807, 2.05) is 29.2 Å². The first-order valence-electron chi connectivity index (χ1n) is 8.41. The maximum Gasteiger partial charge on any atom is 0.128 e. The first-order valence-corrected chi connectivity index (χ1v) is 9.21. The maximum absolute atomic E-state index is 13.3. The summed E-state index contributed by atoms with van der Waals surface area (Å²) >= 11 is 3.40. The molecule has 2 N–H and O–H groups in total. The van der Waals surface area contributed by atoms with Gasteiger partial charge in [0.25, 0.3) is 0 Å². The highest BCUT2D eigenvalue weighted by Crippen LogP contribution is 2.23. The van der Waals surface area contributed by atoms with Gasteiger partial charge in [-0.05, 0) is 46.6 Å². The molecule has 0 bridgehead atoms. The topological polar surface area (TPSA) is 69.7 Å². The molecule has 134 valence electrons. The van der Waals surface area contributed by atoms with E-state index in [-0.39, 0.29) is 0 Å². The fourth-order valence-electron chi connectivity index (χ4n) is 2.96. The van der Waals surface area contributed by atoms with Crippen LogP contribution < -0.4 is 10.2 Å². The number of pyridine rings is 2. The summed E-state index contributed by atoms with van der Waals surface area (Å²) in [5.41, 5.74) is 3.65. The minimum absolute atomic E-state index is 0.426. The molecule has 3 aromatic heterocycles. The summed E-state index contributed by atoms with van der Waals surface area (Å²) in [5, 5.41) is 10.7. The van der Waals surface area contributed by atoms with Crippen LogP contribution in [0.4, 0.5) is 15.9 Å². The van der Waals surface area contributed by atoms with Gasteiger partial charge in [0.1, 0.15) is 12.0 Å². The number of H-pyrrole nitrogens is 1. The standard InChI is InChI=1S/C18H18BrFN6/c19-13-5-15(9-21-8-13)22-10-16-6-17(25-24-16)12-1-2-18(23-7-12)26-4-3-14(20)11-26/h1-2,5-9,14,22H,3-4,10-11H2,(H,24,25)/t14-/m0/s1. The lowest BCUT2D eigenvalue weighted by Crippen LogP contribution is -2.20. The maximum atomic E-state index is 13.3.